The molecule has 0 spiro atoms. The fourth-order valence-electron chi connectivity index (χ4n) is 2.00. The van der Waals surface area contributed by atoms with Gasteiger partial charge in [0.2, 0.25) is 20.0 Å². The Morgan fingerprint density at radius 3 is 2.17 bits per heavy atom. The maximum atomic E-state index is 12.6. The number of hydrogen-bond acceptors (Lipinski definition) is 4. The van der Waals surface area contributed by atoms with Crippen LogP contribution in [-0.4, -0.2) is 40.3 Å². The molecule has 0 heterocycles. The third-order valence-electron chi connectivity index (χ3n) is 3.32. The van der Waals surface area contributed by atoms with Gasteiger partial charge in [0.05, 0.1) is 9.79 Å². The van der Waals surface area contributed by atoms with Crippen molar-refractivity contribution in [3.05, 3.63) is 49.6 Å². The van der Waals surface area contributed by atoms with Crippen molar-refractivity contribution in [2.75, 3.05) is 13.1 Å². The van der Waals surface area contributed by atoms with Crippen molar-refractivity contribution in [2.24, 2.45) is 0 Å². The van der Waals surface area contributed by atoms with E-state index in [1.54, 1.807) is 0 Å². The van der Waals surface area contributed by atoms with E-state index in [0.29, 0.717) is 0 Å². The number of rotatable bonds is 9. The van der Waals surface area contributed by atoms with Gasteiger partial charge in [-0.3, -0.25) is 0 Å². The molecule has 0 saturated heterocycles. The first kappa shape index (κ1) is 17.9. The molecule has 6 nitrogen and oxygen atoms in total. The van der Waals surface area contributed by atoms with Crippen LogP contribution in [0.3, 0.4) is 0 Å². The molecule has 0 bridgehead atoms. The maximum Gasteiger partial charge on any atom is 0.243 e. The lowest BCUT2D eigenvalue weighted by molar-refractivity contribution is 0.474. The Balaban J connectivity index is 2.37. The third-order valence-corrected chi connectivity index (χ3v) is 6.66. The lowest BCUT2D eigenvalue weighted by atomic mass is 10.4. The van der Waals surface area contributed by atoms with E-state index in [4.69, 9.17) is 0 Å². The van der Waals surface area contributed by atoms with Gasteiger partial charge in [0, 0.05) is 19.1 Å². The van der Waals surface area contributed by atoms with Gasteiger partial charge in [-0.25, -0.2) is 21.6 Å². The Labute approximate surface area is 137 Å². The van der Waals surface area contributed by atoms with Crippen LogP contribution in [0, 0.1) is 0 Å². The smallest absolute Gasteiger partial charge is 0.208 e. The minimum absolute atomic E-state index is 0.0432. The second kappa shape index (κ2) is 6.96. The van der Waals surface area contributed by atoms with E-state index >= 15 is 0 Å². The van der Waals surface area contributed by atoms with Gasteiger partial charge in [0.1, 0.15) is 0 Å². The van der Waals surface area contributed by atoms with Gasteiger partial charge in [-0.15, -0.1) is 13.2 Å². The van der Waals surface area contributed by atoms with Crippen LogP contribution in [0.5, 0.6) is 0 Å². The molecule has 1 fully saturated rings. The number of hydrogen-bond donors (Lipinski definition) is 1. The number of sulfonamides is 2. The maximum absolute atomic E-state index is 12.6. The van der Waals surface area contributed by atoms with Gasteiger partial charge in [0.15, 0.2) is 0 Å². The predicted octanol–water partition coefficient (Wildman–Crippen LogP) is 1.49. The quantitative estimate of drug-likeness (QED) is 0.680. The highest BCUT2D eigenvalue weighted by molar-refractivity contribution is 7.90. The van der Waals surface area contributed by atoms with Gasteiger partial charge in [-0.1, -0.05) is 18.2 Å². The van der Waals surface area contributed by atoms with Crippen LogP contribution < -0.4 is 4.72 Å². The standard InChI is InChI=1S/C15H20N2O4S2/c1-3-10-17(11-4-2)23(20,21)15-7-5-6-14(12-15)22(18,19)16-13-8-9-13/h3-7,12-13,16H,1-2,8-11H2. The molecule has 23 heavy (non-hydrogen) atoms. The molecule has 0 radical (unpaired) electrons. The summed E-state index contributed by atoms with van der Waals surface area (Å²) in [5, 5.41) is 0. The summed E-state index contributed by atoms with van der Waals surface area (Å²) >= 11 is 0. The SMILES string of the molecule is C=CCN(CC=C)S(=O)(=O)c1cccc(S(=O)(=O)NC2CC2)c1. The van der Waals surface area contributed by atoms with E-state index in [0.717, 1.165) is 12.8 Å². The van der Waals surface area contributed by atoms with Crippen LogP contribution in [-0.2, 0) is 20.0 Å². The number of nitrogens with zero attached hydrogens (tertiary/aromatic N) is 1. The highest BCUT2D eigenvalue weighted by Gasteiger charge is 2.29. The molecule has 2 rings (SSSR count). The van der Waals surface area contributed by atoms with Crippen molar-refractivity contribution >= 4 is 20.0 Å². The average molecular weight is 356 g/mol. The zero-order valence-electron chi connectivity index (χ0n) is 12.7. The van der Waals surface area contributed by atoms with E-state index in [1.807, 2.05) is 0 Å². The van der Waals surface area contributed by atoms with Gasteiger partial charge in [-0.05, 0) is 31.0 Å². The largest absolute Gasteiger partial charge is 0.243 e. The van der Waals surface area contributed by atoms with E-state index in [-0.39, 0.29) is 28.9 Å². The summed E-state index contributed by atoms with van der Waals surface area (Å²) in [6.07, 6.45) is 4.56. The molecule has 1 aliphatic rings. The number of nitrogens with one attached hydrogen (secondary N) is 1. The first-order chi connectivity index (χ1) is 10.8. The van der Waals surface area contributed by atoms with Crippen LogP contribution in [0.15, 0.2) is 59.4 Å². The average Bonchev–Trinajstić information content (AvgIpc) is 3.30. The molecular weight excluding hydrogens is 336 g/mol. The lowest BCUT2D eigenvalue weighted by Gasteiger charge is -2.19. The molecule has 1 N–H and O–H groups in total. The lowest BCUT2D eigenvalue weighted by Crippen LogP contribution is -2.32. The summed E-state index contributed by atoms with van der Waals surface area (Å²) < 4.78 is 53.5. The van der Waals surface area contributed by atoms with Gasteiger partial charge in [-0.2, -0.15) is 4.31 Å². The minimum atomic E-state index is -3.82. The van der Waals surface area contributed by atoms with Crippen molar-refractivity contribution in [1.82, 2.24) is 9.03 Å². The molecule has 0 aromatic heterocycles. The van der Waals surface area contributed by atoms with Crippen LogP contribution in [0.1, 0.15) is 12.8 Å². The third kappa shape index (κ3) is 4.29. The molecule has 0 aliphatic heterocycles. The predicted molar refractivity (Wildman–Crippen MR) is 88.9 cm³/mol. The van der Waals surface area contributed by atoms with Gasteiger partial charge < -0.3 is 0 Å². The zero-order valence-corrected chi connectivity index (χ0v) is 14.3. The van der Waals surface area contributed by atoms with Gasteiger partial charge in [0.25, 0.3) is 0 Å². The van der Waals surface area contributed by atoms with Gasteiger partial charge >= 0.3 is 0 Å². The minimum Gasteiger partial charge on any atom is -0.208 e. The summed E-state index contributed by atoms with van der Waals surface area (Å²) in [5.74, 6) is 0. The summed E-state index contributed by atoms with van der Waals surface area (Å²) in [6.45, 7) is 7.31. The topological polar surface area (TPSA) is 83.6 Å². The Hall–Kier alpha value is -1.48. The molecule has 1 saturated carbocycles. The van der Waals surface area contributed by atoms with E-state index in [2.05, 4.69) is 17.9 Å². The number of benzene rings is 1. The highest BCUT2D eigenvalue weighted by atomic mass is 32.2. The molecule has 0 unspecified atom stereocenters. The first-order valence-corrected chi connectivity index (χ1v) is 10.1. The van der Waals surface area contributed by atoms with Crippen LogP contribution in [0.4, 0.5) is 0 Å². The molecule has 1 aliphatic carbocycles. The molecule has 0 atom stereocenters. The second-order valence-electron chi connectivity index (χ2n) is 5.27. The van der Waals surface area contributed by atoms with E-state index < -0.39 is 20.0 Å². The second-order valence-corrected chi connectivity index (χ2v) is 8.92. The Morgan fingerprint density at radius 2 is 1.65 bits per heavy atom. The van der Waals surface area contributed by atoms with Crippen molar-refractivity contribution in [2.45, 2.75) is 28.7 Å². The molecule has 1 aromatic rings. The molecule has 0 amide bonds. The monoisotopic (exact) mass is 356 g/mol. The van der Waals surface area contributed by atoms with Crippen molar-refractivity contribution in [3.63, 3.8) is 0 Å². The van der Waals surface area contributed by atoms with Crippen LogP contribution in [0.2, 0.25) is 0 Å². The van der Waals surface area contributed by atoms with Crippen molar-refractivity contribution < 1.29 is 16.8 Å². The summed E-state index contributed by atoms with van der Waals surface area (Å²) in [5.41, 5.74) is 0. The summed E-state index contributed by atoms with van der Waals surface area (Å²) in [6, 6.07) is 5.33. The van der Waals surface area contributed by atoms with Crippen molar-refractivity contribution in [1.29, 1.82) is 0 Å². The fraction of sp³-hybridized carbons (Fsp3) is 0.333. The first-order valence-electron chi connectivity index (χ1n) is 7.15. The normalized spacial score (nSPS) is 15.5. The fourth-order valence-corrected chi connectivity index (χ4v) is 4.85. The Kier molecular flexibility index (Phi) is 5.41. The highest BCUT2D eigenvalue weighted by Crippen LogP contribution is 2.24. The van der Waals surface area contributed by atoms with E-state index in [9.17, 15) is 16.8 Å². The molecular formula is C15H20N2O4S2. The van der Waals surface area contributed by atoms with E-state index in [1.165, 1.54) is 40.7 Å². The zero-order chi connectivity index (χ0) is 17.1. The summed E-state index contributed by atoms with van der Waals surface area (Å²) in [4.78, 5) is -0.123. The van der Waals surface area contributed by atoms with Crippen molar-refractivity contribution in [3.8, 4) is 0 Å². The molecule has 126 valence electrons. The van der Waals surface area contributed by atoms with Crippen LogP contribution >= 0.6 is 0 Å². The van der Waals surface area contributed by atoms with Crippen LogP contribution in [0.25, 0.3) is 0 Å². The Morgan fingerprint density at radius 1 is 1.09 bits per heavy atom. The Bertz CT molecular complexity index is 787. The molecule has 1 aromatic carbocycles. The summed E-state index contributed by atoms with van der Waals surface area (Å²) in [7, 11) is -7.53. The molecule has 8 heteroatoms.